The summed E-state index contributed by atoms with van der Waals surface area (Å²) in [4.78, 5) is 0. The van der Waals surface area contributed by atoms with Crippen molar-refractivity contribution in [3.05, 3.63) is 64.2 Å². The van der Waals surface area contributed by atoms with Gasteiger partial charge in [-0.3, -0.25) is 0 Å². The Morgan fingerprint density at radius 3 is 2.53 bits per heavy atom. The molecule has 0 amide bonds. The molecule has 0 aliphatic carbocycles. The summed E-state index contributed by atoms with van der Waals surface area (Å²) >= 11 is 12.1. The van der Waals surface area contributed by atoms with E-state index in [-0.39, 0.29) is 5.56 Å². The molecule has 0 heterocycles. The molecule has 0 bridgehead atoms. The van der Waals surface area contributed by atoms with E-state index in [0.29, 0.717) is 16.3 Å². The first kappa shape index (κ1) is 14.1. The van der Waals surface area contributed by atoms with Gasteiger partial charge in [0.05, 0.1) is 12.5 Å². The second-order valence-electron chi connectivity index (χ2n) is 3.89. The van der Waals surface area contributed by atoms with Gasteiger partial charge in [0.25, 0.3) is 0 Å². The van der Waals surface area contributed by atoms with Gasteiger partial charge >= 0.3 is 0 Å². The van der Waals surface area contributed by atoms with Crippen molar-refractivity contribution >= 4 is 23.2 Å². The van der Waals surface area contributed by atoms with Crippen molar-refractivity contribution in [2.45, 2.75) is 5.38 Å². The smallest absolute Gasteiger partial charge is 0.163 e. The summed E-state index contributed by atoms with van der Waals surface area (Å²) in [6, 6.07) is 8.70. The van der Waals surface area contributed by atoms with Crippen molar-refractivity contribution in [2.24, 2.45) is 0 Å². The van der Waals surface area contributed by atoms with Gasteiger partial charge in [-0.25, -0.2) is 8.78 Å². The Labute approximate surface area is 119 Å². The van der Waals surface area contributed by atoms with E-state index in [2.05, 4.69) is 0 Å². The zero-order valence-corrected chi connectivity index (χ0v) is 11.5. The average molecular weight is 303 g/mol. The van der Waals surface area contributed by atoms with Crippen LogP contribution in [0.2, 0.25) is 5.02 Å². The van der Waals surface area contributed by atoms with Crippen LogP contribution in [0.4, 0.5) is 8.78 Å². The molecule has 5 heteroatoms. The second kappa shape index (κ2) is 5.76. The molecule has 2 aromatic rings. The first-order valence-corrected chi connectivity index (χ1v) is 6.27. The molecule has 0 saturated heterocycles. The molecule has 0 N–H and O–H groups in total. The number of benzene rings is 2. The zero-order valence-electron chi connectivity index (χ0n) is 9.96. The Kier molecular flexibility index (Phi) is 4.27. The van der Waals surface area contributed by atoms with E-state index in [0.717, 1.165) is 6.07 Å². The molecule has 0 saturated carbocycles. The van der Waals surface area contributed by atoms with Crippen molar-refractivity contribution in [2.75, 3.05) is 7.11 Å². The number of alkyl halides is 1. The van der Waals surface area contributed by atoms with Crippen LogP contribution in [0.25, 0.3) is 0 Å². The quantitative estimate of drug-likeness (QED) is 0.729. The van der Waals surface area contributed by atoms with Gasteiger partial charge in [-0.05, 0) is 24.3 Å². The van der Waals surface area contributed by atoms with Gasteiger partial charge in [-0.15, -0.1) is 11.6 Å². The van der Waals surface area contributed by atoms with Crippen LogP contribution in [0, 0.1) is 11.6 Å². The SMILES string of the molecule is COc1ccc(Cl)cc1C(Cl)c1cccc(F)c1F. The Bertz CT molecular complexity index is 602. The van der Waals surface area contributed by atoms with Crippen molar-refractivity contribution in [3.63, 3.8) is 0 Å². The monoisotopic (exact) mass is 302 g/mol. The molecular weight excluding hydrogens is 293 g/mol. The van der Waals surface area contributed by atoms with Crippen molar-refractivity contribution < 1.29 is 13.5 Å². The van der Waals surface area contributed by atoms with Crippen LogP contribution in [-0.4, -0.2) is 7.11 Å². The van der Waals surface area contributed by atoms with E-state index in [1.54, 1.807) is 18.2 Å². The summed E-state index contributed by atoms with van der Waals surface area (Å²) in [5, 5.41) is -0.442. The molecule has 19 heavy (non-hydrogen) atoms. The molecule has 1 unspecified atom stereocenters. The lowest BCUT2D eigenvalue weighted by Gasteiger charge is -2.15. The fourth-order valence-electron chi connectivity index (χ4n) is 1.79. The first-order chi connectivity index (χ1) is 9.04. The third-order valence-electron chi connectivity index (χ3n) is 2.72. The van der Waals surface area contributed by atoms with Crippen molar-refractivity contribution in [3.8, 4) is 5.75 Å². The first-order valence-electron chi connectivity index (χ1n) is 5.46. The average Bonchev–Trinajstić information content (AvgIpc) is 2.41. The summed E-state index contributed by atoms with van der Waals surface area (Å²) in [5.41, 5.74) is 0.531. The Morgan fingerprint density at radius 2 is 1.84 bits per heavy atom. The zero-order chi connectivity index (χ0) is 14.0. The summed E-state index contributed by atoms with van der Waals surface area (Å²) in [6.07, 6.45) is 0. The molecule has 1 nitrogen and oxygen atoms in total. The van der Waals surface area contributed by atoms with Gasteiger partial charge in [0.1, 0.15) is 5.75 Å². The van der Waals surface area contributed by atoms with E-state index in [9.17, 15) is 8.78 Å². The maximum atomic E-state index is 13.7. The van der Waals surface area contributed by atoms with Gasteiger partial charge in [-0.1, -0.05) is 23.7 Å². The van der Waals surface area contributed by atoms with E-state index in [1.807, 2.05) is 0 Å². The third kappa shape index (κ3) is 2.82. The van der Waals surface area contributed by atoms with Crippen LogP contribution in [0.15, 0.2) is 36.4 Å². The lowest BCUT2D eigenvalue weighted by molar-refractivity contribution is 0.409. The largest absolute Gasteiger partial charge is 0.496 e. The number of rotatable bonds is 3. The van der Waals surface area contributed by atoms with Gasteiger partial charge < -0.3 is 4.74 Å². The summed E-state index contributed by atoms with van der Waals surface area (Å²) < 4.78 is 32.1. The highest BCUT2D eigenvalue weighted by molar-refractivity contribution is 6.31. The van der Waals surface area contributed by atoms with E-state index in [1.165, 1.54) is 19.2 Å². The molecule has 0 aliphatic heterocycles. The minimum atomic E-state index is -0.968. The van der Waals surface area contributed by atoms with Crippen LogP contribution in [-0.2, 0) is 0 Å². The molecule has 0 spiro atoms. The highest BCUT2D eigenvalue weighted by atomic mass is 35.5. The van der Waals surface area contributed by atoms with Gasteiger partial charge in [0, 0.05) is 16.1 Å². The van der Waals surface area contributed by atoms with Crippen LogP contribution in [0.3, 0.4) is 0 Å². The lowest BCUT2D eigenvalue weighted by atomic mass is 10.0. The highest BCUT2D eigenvalue weighted by Gasteiger charge is 2.21. The molecule has 2 rings (SSSR count). The number of methoxy groups -OCH3 is 1. The number of ether oxygens (including phenoxy) is 1. The van der Waals surface area contributed by atoms with Crippen LogP contribution in [0.1, 0.15) is 16.5 Å². The standard InChI is InChI=1S/C14H10Cl2F2O/c1-19-12-6-5-8(15)7-10(12)13(16)9-3-2-4-11(17)14(9)18/h2-7,13H,1H3. The van der Waals surface area contributed by atoms with Crippen LogP contribution >= 0.6 is 23.2 Å². The number of hydrogen-bond donors (Lipinski definition) is 0. The summed E-state index contributed by atoms with van der Waals surface area (Å²) in [5.74, 6) is -1.44. The van der Waals surface area contributed by atoms with Crippen LogP contribution < -0.4 is 4.74 Å². The Hall–Kier alpha value is -1.32. The van der Waals surface area contributed by atoms with E-state index in [4.69, 9.17) is 27.9 Å². The molecule has 0 fully saturated rings. The molecule has 0 radical (unpaired) electrons. The highest BCUT2D eigenvalue weighted by Crippen LogP contribution is 2.37. The maximum absolute atomic E-state index is 13.7. The minimum absolute atomic E-state index is 0.0437. The topological polar surface area (TPSA) is 9.23 Å². The molecule has 0 aliphatic rings. The van der Waals surface area contributed by atoms with Crippen LogP contribution in [0.5, 0.6) is 5.75 Å². The van der Waals surface area contributed by atoms with Gasteiger partial charge in [0.2, 0.25) is 0 Å². The van der Waals surface area contributed by atoms with E-state index >= 15 is 0 Å². The predicted octanol–water partition coefficient (Wildman–Crippen LogP) is 4.96. The summed E-state index contributed by atoms with van der Waals surface area (Å²) in [7, 11) is 1.47. The minimum Gasteiger partial charge on any atom is -0.496 e. The van der Waals surface area contributed by atoms with Gasteiger partial charge in [-0.2, -0.15) is 0 Å². The Morgan fingerprint density at radius 1 is 1.11 bits per heavy atom. The summed E-state index contributed by atoms with van der Waals surface area (Å²) in [6.45, 7) is 0. The fraction of sp³-hybridized carbons (Fsp3) is 0.143. The van der Waals surface area contributed by atoms with Crippen molar-refractivity contribution in [1.82, 2.24) is 0 Å². The lowest BCUT2D eigenvalue weighted by Crippen LogP contribution is -2.01. The predicted molar refractivity (Wildman–Crippen MR) is 72.1 cm³/mol. The molecule has 2 aromatic carbocycles. The third-order valence-corrected chi connectivity index (χ3v) is 3.42. The Balaban J connectivity index is 2.52. The second-order valence-corrected chi connectivity index (χ2v) is 4.76. The molecule has 100 valence electrons. The molecule has 0 aromatic heterocycles. The molecular formula is C14H10Cl2F2O. The normalized spacial score (nSPS) is 12.3. The number of hydrogen-bond acceptors (Lipinski definition) is 1. The maximum Gasteiger partial charge on any atom is 0.163 e. The number of halogens is 4. The fourth-order valence-corrected chi connectivity index (χ4v) is 2.31. The van der Waals surface area contributed by atoms with E-state index < -0.39 is 17.0 Å². The van der Waals surface area contributed by atoms with Gasteiger partial charge in [0.15, 0.2) is 11.6 Å². The molecule has 1 atom stereocenters. The van der Waals surface area contributed by atoms with Crippen molar-refractivity contribution in [1.29, 1.82) is 0 Å².